The highest BCUT2D eigenvalue weighted by molar-refractivity contribution is 6.00. The second-order valence-corrected chi connectivity index (χ2v) is 6.35. The molecule has 0 heterocycles. The molecule has 0 fully saturated rings. The first-order valence-corrected chi connectivity index (χ1v) is 9.57. The molecule has 1 atom stereocenters. The Morgan fingerprint density at radius 2 is 1.38 bits per heavy atom. The lowest BCUT2D eigenvalue weighted by Crippen LogP contribution is -2.34. The third-order valence-corrected chi connectivity index (χ3v) is 4.53. The maximum absolute atomic E-state index is 12.9. The van der Waals surface area contributed by atoms with Crippen LogP contribution >= 0.6 is 0 Å². The van der Waals surface area contributed by atoms with Gasteiger partial charge in [0, 0.05) is 17.9 Å². The van der Waals surface area contributed by atoms with Gasteiger partial charge in [0.2, 0.25) is 0 Å². The van der Waals surface area contributed by atoms with Crippen LogP contribution in [0.2, 0.25) is 0 Å². The molecule has 2 aromatic carbocycles. The fourth-order valence-corrected chi connectivity index (χ4v) is 3.11. The number of carbonyl (C=O) groups is 3. The summed E-state index contributed by atoms with van der Waals surface area (Å²) in [6, 6.07) is 15.7. The summed E-state index contributed by atoms with van der Waals surface area (Å²) in [5.41, 5.74) is 1.17. The van der Waals surface area contributed by atoms with E-state index in [9.17, 15) is 14.4 Å². The van der Waals surface area contributed by atoms with Crippen molar-refractivity contribution < 1.29 is 28.6 Å². The number of esters is 2. The molecule has 1 unspecified atom stereocenters. The van der Waals surface area contributed by atoms with Gasteiger partial charge in [-0.25, -0.2) is 0 Å². The van der Waals surface area contributed by atoms with E-state index in [-0.39, 0.29) is 25.4 Å². The standard InChI is InChI=1S/C23H26O6/c1-4-28-22(25)21(23(26)29-5-2)19(16-9-7-6-8-10-16)15-20(24)17-11-13-18(27-3)14-12-17/h6-14,19,21H,4-5,15H2,1-3H3. The third kappa shape index (κ3) is 5.91. The summed E-state index contributed by atoms with van der Waals surface area (Å²) >= 11 is 0. The smallest absolute Gasteiger partial charge is 0.320 e. The van der Waals surface area contributed by atoms with E-state index in [1.807, 2.05) is 6.07 Å². The van der Waals surface area contributed by atoms with Crippen molar-refractivity contribution in [2.75, 3.05) is 20.3 Å². The van der Waals surface area contributed by atoms with Crippen molar-refractivity contribution >= 4 is 17.7 Å². The molecule has 0 N–H and O–H groups in total. The maximum Gasteiger partial charge on any atom is 0.320 e. The Bertz CT molecular complexity index is 795. The number of Topliss-reactive ketones (excluding diaryl/α,β-unsaturated/α-hetero) is 1. The summed E-state index contributed by atoms with van der Waals surface area (Å²) in [7, 11) is 1.55. The summed E-state index contributed by atoms with van der Waals surface area (Å²) in [5, 5.41) is 0. The lowest BCUT2D eigenvalue weighted by atomic mass is 9.81. The number of methoxy groups -OCH3 is 1. The van der Waals surface area contributed by atoms with Crippen molar-refractivity contribution in [3.63, 3.8) is 0 Å². The molecule has 0 aliphatic rings. The first-order chi connectivity index (χ1) is 14.0. The van der Waals surface area contributed by atoms with Crippen LogP contribution in [0.1, 0.15) is 42.1 Å². The van der Waals surface area contributed by atoms with Gasteiger partial charge in [-0.05, 0) is 43.7 Å². The van der Waals surface area contributed by atoms with Gasteiger partial charge in [0.1, 0.15) is 5.75 Å². The Balaban J connectivity index is 2.39. The Hall–Kier alpha value is -3.15. The zero-order chi connectivity index (χ0) is 21.2. The molecule has 154 valence electrons. The second-order valence-electron chi connectivity index (χ2n) is 6.35. The minimum atomic E-state index is -1.22. The number of ketones is 1. The van der Waals surface area contributed by atoms with E-state index in [4.69, 9.17) is 14.2 Å². The van der Waals surface area contributed by atoms with Crippen LogP contribution < -0.4 is 4.74 Å². The van der Waals surface area contributed by atoms with Crippen LogP contribution in [0.15, 0.2) is 54.6 Å². The van der Waals surface area contributed by atoms with Crippen molar-refractivity contribution in [1.82, 2.24) is 0 Å². The number of carbonyl (C=O) groups excluding carboxylic acids is 3. The minimum absolute atomic E-state index is 0.0430. The first kappa shape index (κ1) is 22.1. The number of hydrogen-bond donors (Lipinski definition) is 0. The van der Waals surface area contributed by atoms with Crippen molar-refractivity contribution in [2.24, 2.45) is 5.92 Å². The number of hydrogen-bond acceptors (Lipinski definition) is 6. The molecular formula is C23H26O6. The molecule has 2 rings (SSSR count). The van der Waals surface area contributed by atoms with Crippen molar-refractivity contribution in [1.29, 1.82) is 0 Å². The molecule has 0 saturated heterocycles. The van der Waals surface area contributed by atoms with E-state index in [2.05, 4.69) is 0 Å². The van der Waals surface area contributed by atoms with Crippen LogP contribution in [0.5, 0.6) is 5.75 Å². The van der Waals surface area contributed by atoms with Gasteiger partial charge in [-0.1, -0.05) is 30.3 Å². The highest BCUT2D eigenvalue weighted by atomic mass is 16.6. The Morgan fingerprint density at radius 1 is 0.828 bits per heavy atom. The van der Waals surface area contributed by atoms with E-state index < -0.39 is 23.8 Å². The number of rotatable bonds is 10. The molecule has 0 aliphatic carbocycles. The maximum atomic E-state index is 12.9. The molecule has 0 spiro atoms. The predicted molar refractivity (Wildman–Crippen MR) is 108 cm³/mol. The highest BCUT2D eigenvalue weighted by Gasteiger charge is 2.39. The van der Waals surface area contributed by atoms with Crippen molar-refractivity contribution in [3.05, 3.63) is 65.7 Å². The molecule has 6 heteroatoms. The SMILES string of the molecule is CCOC(=O)C(C(=O)OCC)C(CC(=O)c1ccc(OC)cc1)c1ccccc1. The number of benzene rings is 2. The summed E-state index contributed by atoms with van der Waals surface area (Å²) in [6.45, 7) is 3.59. The van der Waals surface area contributed by atoms with E-state index in [0.29, 0.717) is 16.9 Å². The summed E-state index contributed by atoms with van der Waals surface area (Å²) in [4.78, 5) is 38.2. The topological polar surface area (TPSA) is 78.9 Å². The summed E-state index contributed by atoms with van der Waals surface area (Å²) in [6.07, 6.45) is -0.0430. The summed E-state index contributed by atoms with van der Waals surface area (Å²) < 4.78 is 15.4. The molecule has 0 saturated carbocycles. The normalized spacial score (nSPS) is 11.6. The highest BCUT2D eigenvalue weighted by Crippen LogP contribution is 2.32. The van der Waals surface area contributed by atoms with Gasteiger partial charge < -0.3 is 14.2 Å². The third-order valence-electron chi connectivity index (χ3n) is 4.53. The molecule has 0 bridgehead atoms. The minimum Gasteiger partial charge on any atom is -0.497 e. The number of ether oxygens (including phenoxy) is 3. The zero-order valence-electron chi connectivity index (χ0n) is 16.9. The van der Waals surface area contributed by atoms with Gasteiger partial charge >= 0.3 is 11.9 Å². The van der Waals surface area contributed by atoms with Gasteiger partial charge in [0.05, 0.1) is 20.3 Å². The molecule has 0 aromatic heterocycles. The Kier molecular flexibility index (Phi) is 8.40. The lowest BCUT2D eigenvalue weighted by Gasteiger charge is -2.24. The van der Waals surface area contributed by atoms with Gasteiger partial charge in [-0.15, -0.1) is 0 Å². The molecule has 0 amide bonds. The van der Waals surface area contributed by atoms with E-state index in [0.717, 1.165) is 0 Å². The van der Waals surface area contributed by atoms with Crippen LogP contribution in [0, 0.1) is 5.92 Å². The fraction of sp³-hybridized carbons (Fsp3) is 0.348. The van der Waals surface area contributed by atoms with E-state index >= 15 is 0 Å². The molecule has 6 nitrogen and oxygen atoms in total. The van der Waals surface area contributed by atoms with Crippen LogP contribution in [-0.2, 0) is 19.1 Å². The Labute approximate surface area is 170 Å². The van der Waals surface area contributed by atoms with Gasteiger partial charge in [-0.2, -0.15) is 0 Å². The van der Waals surface area contributed by atoms with Crippen molar-refractivity contribution in [2.45, 2.75) is 26.2 Å². The van der Waals surface area contributed by atoms with Crippen LogP contribution in [0.4, 0.5) is 0 Å². The molecule has 0 radical (unpaired) electrons. The Morgan fingerprint density at radius 3 is 1.86 bits per heavy atom. The van der Waals surface area contributed by atoms with E-state index in [1.54, 1.807) is 69.5 Å². The van der Waals surface area contributed by atoms with Crippen LogP contribution in [-0.4, -0.2) is 38.0 Å². The largest absolute Gasteiger partial charge is 0.497 e. The van der Waals surface area contributed by atoms with Gasteiger partial charge in [-0.3, -0.25) is 14.4 Å². The zero-order valence-corrected chi connectivity index (χ0v) is 16.9. The van der Waals surface area contributed by atoms with E-state index in [1.165, 1.54) is 0 Å². The average molecular weight is 398 g/mol. The monoisotopic (exact) mass is 398 g/mol. The molecule has 2 aromatic rings. The van der Waals surface area contributed by atoms with Crippen LogP contribution in [0.25, 0.3) is 0 Å². The van der Waals surface area contributed by atoms with Gasteiger partial charge in [0.15, 0.2) is 11.7 Å². The fourth-order valence-electron chi connectivity index (χ4n) is 3.11. The lowest BCUT2D eigenvalue weighted by molar-refractivity contribution is -0.162. The van der Waals surface area contributed by atoms with Gasteiger partial charge in [0.25, 0.3) is 0 Å². The summed E-state index contributed by atoms with van der Waals surface area (Å²) in [5.74, 6) is -2.87. The second kappa shape index (κ2) is 11.0. The predicted octanol–water partition coefficient (Wildman–Crippen LogP) is 3.79. The quantitative estimate of drug-likeness (QED) is 0.344. The molecule has 29 heavy (non-hydrogen) atoms. The molecule has 0 aliphatic heterocycles. The van der Waals surface area contributed by atoms with Crippen molar-refractivity contribution in [3.8, 4) is 5.75 Å². The molecular weight excluding hydrogens is 372 g/mol. The first-order valence-electron chi connectivity index (χ1n) is 9.57. The average Bonchev–Trinajstić information content (AvgIpc) is 2.74. The van der Waals surface area contributed by atoms with Crippen LogP contribution in [0.3, 0.4) is 0 Å².